The Morgan fingerprint density at radius 3 is 2.82 bits per heavy atom. The maximum atomic E-state index is 12.6. The molecule has 0 radical (unpaired) electrons. The zero-order valence-electron chi connectivity index (χ0n) is 15.8. The van der Waals surface area contributed by atoms with Crippen molar-refractivity contribution in [1.82, 2.24) is 24.5 Å². The van der Waals surface area contributed by atoms with Crippen molar-refractivity contribution in [2.75, 3.05) is 26.2 Å². The molecular weight excluding hydrogens is 358 g/mol. The van der Waals surface area contributed by atoms with Gasteiger partial charge in [0.05, 0.1) is 18.5 Å². The Morgan fingerprint density at radius 1 is 1.18 bits per heavy atom. The van der Waals surface area contributed by atoms with Crippen molar-refractivity contribution in [2.45, 2.75) is 19.9 Å². The summed E-state index contributed by atoms with van der Waals surface area (Å²) in [5.74, 6) is 0.201. The molecule has 0 aromatic carbocycles. The maximum Gasteiger partial charge on any atom is 0.317 e. The number of carbonyl (C=O) groups is 2. The minimum absolute atomic E-state index is 0.132. The van der Waals surface area contributed by atoms with Crippen LogP contribution in [0.2, 0.25) is 0 Å². The van der Waals surface area contributed by atoms with Gasteiger partial charge < -0.3 is 23.9 Å². The molecule has 8 heteroatoms. The quantitative estimate of drug-likeness (QED) is 0.755. The van der Waals surface area contributed by atoms with E-state index in [1.165, 1.54) is 6.26 Å². The van der Waals surface area contributed by atoms with Gasteiger partial charge in [-0.2, -0.15) is 0 Å². The molecule has 1 saturated heterocycles. The van der Waals surface area contributed by atoms with Crippen LogP contribution in [-0.2, 0) is 6.54 Å². The number of hydrogen-bond donors (Lipinski definition) is 1. The van der Waals surface area contributed by atoms with Crippen LogP contribution in [0.4, 0.5) is 4.79 Å². The third kappa shape index (κ3) is 3.85. The fourth-order valence-corrected chi connectivity index (χ4v) is 3.38. The standard InChI is InChI=1S/C20H23N5O3/c1-15-5-8-25-14-16(22-18(25)12-15)13-21-20(27)24-7-3-6-23(9-10-24)19(26)17-4-2-11-28-17/h2,4-5,8,11-12,14H,3,6-7,9-10,13H2,1H3,(H,21,27). The first kappa shape index (κ1) is 18.1. The summed E-state index contributed by atoms with van der Waals surface area (Å²) in [6.07, 6.45) is 6.10. The van der Waals surface area contributed by atoms with Crippen molar-refractivity contribution in [3.63, 3.8) is 0 Å². The second-order valence-corrected chi connectivity index (χ2v) is 6.97. The molecule has 1 fully saturated rings. The molecule has 1 aliphatic heterocycles. The van der Waals surface area contributed by atoms with Crippen molar-refractivity contribution in [1.29, 1.82) is 0 Å². The molecule has 0 saturated carbocycles. The Hall–Kier alpha value is -3.29. The highest BCUT2D eigenvalue weighted by Gasteiger charge is 2.24. The van der Waals surface area contributed by atoms with E-state index >= 15 is 0 Å². The Labute approximate surface area is 162 Å². The third-order valence-corrected chi connectivity index (χ3v) is 4.89. The van der Waals surface area contributed by atoms with Crippen LogP contribution in [-0.4, -0.2) is 57.3 Å². The lowest BCUT2D eigenvalue weighted by molar-refractivity contribution is 0.0730. The predicted molar refractivity (Wildman–Crippen MR) is 103 cm³/mol. The second kappa shape index (κ2) is 7.75. The zero-order chi connectivity index (χ0) is 19.5. The van der Waals surface area contributed by atoms with Gasteiger partial charge in [-0.3, -0.25) is 4.79 Å². The second-order valence-electron chi connectivity index (χ2n) is 6.97. The summed E-state index contributed by atoms with van der Waals surface area (Å²) in [6.45, 7) is 4.58. The van der Waals surface area contributed by atoms with E-state index in [0.29, 0.717) is 38.5 Å². The molecule has 0 bridgehead atoms. The summed E-state index contributed by atoms with van der Waals surface area (Å²) < 4.78 is 7.13. The molecule has 4 rings (SSSR count). The number of amides is 3. The van der Waals surface area contributed by atoms with E-state index in [0.717, 1.165) is 23.3 Å². The lowest BCUT2D eigenvalue weighted by Gasteiger charge is -2.21. The molecule has 3 aromatic rings. The summed E-state index contributed by atoms with van der Waals surface area (Å²) in [6, 6.07) is 7.24. The first-order valence-electron chi connectivity index (χ1n) is 9.40. The van der Waals surface area contributed by atoms with E-state index < -0.39 is 0 Å². The van der Waals surface area contributed by atoms with Crippen molar-refractivity contribution in [3.05, 3.63) is 59.9 Å². The number of fused-ring (bicyclic) bond motifs is 1. The van der Waals surface area contributed by atoms with E-state index in [2.05, 4.69) is 10.3 Å². The minimum atomic E-state index is -0.138. The monoisotopic (exact) mass is 381 g/mol. The number of aryl methyl sites for hydroxylation is 1. The Balaban J connectivity index is 1.32. The largest absolute Gasteiger partial charge is 0.459 e. The van der Waals surface area contributed by atoms with Crippen LogP contribution in [0.3, 0.4) is 0 Å². The smallest absolute Gasteiger partial charge is 0.317 e. The zero-order valence-corrected chi connectivity index (χ0v) is 15.8. The van der Waals surface area contributed by atoms with Crippen LogP contribution in [0, 0.1) is 6.92 Å². The molecule has 146 valence electrons. The summed E-state index contributed by atoms with van der Waals surface area (Å²) in [7, 11) is 0. The number of nitrogens with zero attached hydrogens (tertiary/aromatic N) is 4. The SMILES string of the molecule is Cc1ccn2cc(CNC(=O)N3CCCN(C(=O)c4ccco4)CC3)nc2c1. The van der Waals surface area contributed by atoms with Crippen molar-refractivity contribution in [3.8, 4) is 0 Å². The Kier molecular flexibility index (Phi) is 5.01. The van der Waals surface area contributed by atoms with Crippen LogP contribution in [0.1, 0.15) is 28.2 Å². The number of urea groups is 1. The highest BCUT2D eigenvalue weighted by molar-refractivity contribution is 5.91. The minimum Gasteiger partial charge on any atom is -0.459 e. The van der Waals surface area contributed by atoms with Gasteiger partial charge in [-0.15, -0.1) is 0 Å². The number of aromatic nitrogens is 2. The van der Waals surface area contributed by atoms with Crippen LogP contribution in [0.15, 0.2) is 47.3 Å². The van der Waals surface area contributed by atoms with Gasteiger partial charge in [0.1, 0.15) is 5.65 Å². The third-order valence-electron chi connectivity index (χ3n) is 4.89. The van der Waals surface area contributed by atoms with E-state index in [1.807, 2.05) is 35.9 Å². The van der Waals surface area contributed by atoms with Crippen LogP contribution >= 0.6 is 0 Å². The molecule has 4 heterocycles. The summed E-state index contributed by atoms with van der Waals surface area (Å²) in [5, 5.41) is 2.93. The normalized spacial score (nSPS) is 14.9. The van der Waals surface area contributed by atoms with E-state index in [-0.39, 0.29) is 11.9 Å². The Bertz CT molecular complexity index is 979. The number of carbonyl (C=O) groups excluding carboxylic acids is 2. The predicted octanol–water partition coefficient (Wildman–Crippen LogP) is 2.29. The molecule has 28 heavy (non-hydrogen) atoms. The van der Waals surface area contributed by atoms with E-state index in [1.54, 1.807) is 21.9 Å². The molecule has 1 N–H and O–H groups in total. The highest BCUT2D eigenvalue weighted by Crippen LogP contribution is 2.11. The highest BCUT2D eigenvalue weighted by atomic mass is 16.3. The van der Waals surface area contributed by atoms with Gasteiger partial charge in [0.15, 0.2) is 5.76 Å². The van der Waals surface area contributed by atoms with Gasteiger partial charge in [-0.1, -0.05) is 0 Å². The number of nitrogens with one attached hydrogen (secondary N) is 1. The van der Waals surface area contributed by atoms with Gasteiger partial charge in [0.2, 0.25) is 0 Å². The molecule has 8 nitrogen and oxygen atoms in total. The average Bonchev–Trinajstić information content (AvgIpc) is 3.29. The van der Waals surface area contributed by atoms with Gasteiger partial charge in [-0.25, -0.2) is 9.78 Å². The van der Waals surface area contributed by atoms with Crippen LogP contribution < -0.4 is 5.32 Å². The first-order valence-corrected chi connectivity index (χ1v) is 9.40. The molecule has 0 unspecified atom stereocenters. The summed E-state index contributed by atoms with van der Waals surface area (Å²) in [4.78, 5) is 33.0. The lowest BCUT2D eigenvalue weighted by atomic mass is 10.3. The maximum absolute atomic E-state index is 12.6. The average molecular weight is 381 g/mol. The first-order chi connectivity index (χ1) is 13.6. The molecule has 0 atom stereocenters. The molecular formula is C20H23N5O3. The van der Waals surface area contributed by atoms with Crippen molar-refractivity contribution in [2.24, 2.45) is 0 Å². The number of rotatable bonds is 3. The molecule has 0 aliphatic carbocycles. The van der Waals surface area contributed by atoms with Gasteiger partial charge in [0.25, 0.3) is 5.91 Å². The molecule has 1 aliphatic rings. The van der Waals surface area contributed by atoms with E-state index in [9.17, 15) is 9.59 Å². The van der Waals surface area contributed by atoms with Crippen LogP contribution in [0.5, 0.6) is 0 Å². The Morgan fingerprint density at radius 2 is 2.00 bits per heavy atom. The van der Waals surface area contributed by atoms with Gasteiger partial charge in [0, 0.05) is 38.6 Å². The van der Waals surface area contributed by atoms with Crippen molar-refractivity contribution < 1.29 is 14.0 Å². The van der Waals surface area contributed by atoms with Crippen LogP contribution in [0.25, 0.3) is 5.65 Å². The lowest BCUT2D eigenvalue weighted by Crippen LogP contribution is -2.42. The molecule has 3 aromatic heterocycles. The number of hydrogen-bond acceptors (Lipinski definition) is 4. The summed E-state index contributed by atoms with van der Waals surface area (Å²) >= 11 is 0. The number of pyridine rings is 1. The van der Waals surface area contributed by atoms with E-state index in [4.69, 9.17) is 4.42 Å². The summed E-state index contributed by atoms with van der Waals surface area (Å²) in [5.41, 5.74) is 2.82. The molecule has 0 spiro atoms. The fraction of sp³-hybridized carbons (Fsp3) is 0.350. The fourth-order valence-electron chi connectivity index (χ4n) is 3.38. The number of furan rings is 1. The van der Waals surface area contributed by atoms with Gasteiger partial charge >= 0.3 is 6.03 Å². The number of imidazole rings is 1. The topological polar surface area (TPSA) is 83.1 Å². The van der Waals surface area contributed by atoms with Gasteiger partial charge in [-0.05, 0) is 43.2 Å². The van der Waals surface area contributed by atoms with Crippen molar-refractivity contribution >= 4 is 17.6 Å². The molecule has 3 amide bonds.